The van der Waals surface area contributed by atoms with Crippen LogP contribution in [0.4, 0.5) is 0 Å². The van der Waals surface area contributed by atoms with E-state index in [9.17, 15) is 14.7 Å². The molecule has 0 aliphatic carbocycles. The number of rotatable bonds is 7. The molecule has 1 aliphatic heterocycles. The lowest BCUT2D eigenvalue weighted by Gasteiger charge is -2.37. The lowest BCUT2D eigenvalue weighted by molar-refractivity contribution is -0.136. The van der Waals surface area contributed by atoms with E-state index in [2.05, 4.69) is 46.5 Å². The minimum atomic E-state index is -2.22. The quantitative estimate of drug-likeness (QED) is 0.203. The van der Waals surface area contributed by atoms with Crippen LogP contribution in [0, 0.1) is 5.92 Å². The molecule has 1 unspecified atom stereocenters. The number of allylic oxidation sites excluding steroid dienone is 2. The van der Waals surface area contributed by atoms with Crippen molar-refractivity contribution in [2.45, 2.75) is 83.7 Å². The van der Waals surface area contributed by atoms with Gasteiger partial charge in [-0.15, -0.1) is 0 Å². The van der Waals surface area contributed by atoms with Crippen molar-refractivity contribution in [3.63, 3.8) is 0 Å². The first-order chi connectivity index (χ1) is 16.9. The average Bonchev–Trinajstić information content (AvgIpc) is 2.78. The van der Waals surface area contributed by atoms with Crippen molar-refractivity contribution in [2.24, 2.45) is 5.92 Å². The van der Waals surface area contributed by atoms with Gasteiger partial charge in [-0.1, -0.05) is 70.7 Å². The summed E-state index contributed by atoms with van der Waals surface area (Å²) in [5.74, 6) is -0.452. The summed E-state index contributed by atoms with van der Waals surface area (Å²) in [6.07, 6.45) is 9.02. The maximum Gasteiger partial charge on any atom is 0.342 e. The first-order valence-electron chi connectivity index (χ1n) is 12.6. The molecule has 0 saturated carbocycles. The Balaban J connectivity index is 2.41. The van der Waals surface area contributed by atoms with Crippen molar-refractivity contribution in [1.82, 2.24) is 0 Å². The highest BCUT2D eigenvalue weighted by atomic mass is 28.4. The van der Waals surface area contributed by atoms with E-state index >= 15 is 0 Å². The van der Waals surface area contributed by atoms with Crippen LogP contribution in [0.2, 0.25) is 18.1 Å². The summed E-state index contributed by atoms with van der Waals surface area (Å²) in [6.45, 7) is 16.4. The van der Waals surface area contributed by atoms with Gasteiger partial charge in [0.25, 0.3) is 8.32 Å². The standard InChI is InChI=1S/C29H42O6Si/c1-8-19-33-26(31)18-12-16-23-20-24(30)21(2)13-9-10-14-22-15-11-17-25(27(22)28(32)34-23)35-36(6,7)29(3,4)5/h8-12,15,17-18,21,23-24,30H,1,13-14,16,19-20H2,2-7H3/b10-9+,18-12+/t21-,23?,24+/m0/s1. The third-order valence-corrected chi connectivity index (χ3v) is 11.3. The van der Waals surface area contributed by atoms with Gasteiger partial charge in [-0.3, -0.25) is 0 Å². The number of hydrogen-bond acceptors (Lipinski definition) is 6. The van der Waals surface area contributed by atoms with Crippen molar-refractivity contribution in [3.8, 4) is 5.75 Å². The highest BCUT2D eigenvalue weighted by molar-refractivity contribution is 6.74. The van der Waals surface area contributed by atoms with E-state index in [1.165, 1.54) is 12.2 Å². The number of cyclic esters (lactones) is 1. The van der Waals surface area contributed by atoms with E-state index in [1.807, 2.05) is 31.2 Å². The summed E-state index contributed by atoms with van der Waals surface area (Å²) in [4.78, 5) is 25.4. The number of hydrogen-bond donors (Lipinski definition) is 1. The van der Waals surface area contributed by atoms with Gasteiger partial charge in [0, 0.05) is 18.9 Å². The lowest BCUT2D eigenvalue weighted by atomic mass is 9.93. The number of carbonyl (C=O) groups excluding carboxylic acids is 2. The predicted molar refractivity (Wildman–Crippen MR) is 146 cm³/mol. The van der Waals surface area contributed by atoms with E-state index in [1.54, 1.807) is 6.08 Å². The fourth-order valence-electron chi connectivity index (χ4n) is 3.58. The molecule has 0 radical (unpaired) electrons. The molecule has 198 valence electrons. The summed E-state index contributed by atoms with van der Waals surface area (Å²) in [5, 5.41) is 10.7. The van der Waals surface area contributed by atoms with E-state index in [4.69, 9.17) is 13.9 Å². The number of aliphatic hydroxyl groups is 1. The van der Waals surface area contributed by atoms with E-state index in [-0.39, 0.29) is 30.4 Å². The van der Waals surface area contributed by atoms with Crippen LogP contribution in [0.25, 0.3) is 0 Å². The summed E-state index contributed by atoms with van der Waals surface area (Å²) < 4.78 is 17.5. The first kappa shape index (κ1) is 29.6. The SMILES string of the molecule is C=CCOC(=O)/C=C/CC1C[C@@H](O)[C@@H](C)C/C=C/Cc2cccc(O[Si](C)(C)C(C)(C)C)c2C(=O)O1. The Morgan fingerprint density at radius 2 is 2.00 bits per heavy atom. The van der Waals surface area contributed by atoms with Gasteiger partial charge in [-0.05, 0) is 48.5 Å². The Morgan fingerprint density at radius 1 is 1.28 bits per heavy atom. The normalized spacial score (nSPS) is 22.5. The lowest BCUT2D eigenvalue weighted by Crippen LogP contribution is -2.44. The minimum absolute atomic E-state index is 0.00358. The van der Waals surface area contributed by atoms with Gasteiger partial charge >= 0.3 is 11.9 Å². The molecule has 7 heteroatoms. The largest absolute Gasteiger partial charge is 0.543 e. The van der Waals surface area contributed by atoms with Crippen molar-refractivity contribution >= 4 is 20.3 Å². The zero-order chi connectivity index (χ0) is 26.9. The second-order valence-electron chi connectivity index (χ2n) is 10.9. The van der Waals surface area contributed by atoms with Gasteiger partial charge in [0.2, 0.25) is 0 Å². The van der Waals surface area contributed by atoms with Crippen LogP contribution in [0.5, 0.6) is 5.75 Å². The second-order valence-corrected chi connectivity index (χ2v) is 15.7. The number of fused-ring (bicyclic) bond motifs is 1. The third-order valence-electron chi connectivity index (χ3n) is 6.93. The molecule has 6 nitrogen and oxygen atoms in total. The van der Waals surface area contributed by atoms with Crippen LogP contribution in [-0.4, -0.2) is 44.2 Å². The summed E-state index contributed by atoms with van der Waals surface area (Å²) in [5.41, 5.74) is 1.26. The predicted octanol–water partition coefficient (Wildman–Crippen LogP) is 6.16. The molecule has 36 heavy (non-hydrogen) atoms. The molecule has 1 aliphatic rings. The summed E-state index contributed by atoms with van der Waals surface area (Å²) in [6, 6.07) is 5.67. The van der Waals surface area contributed by atoms with Crippen molar-refractivity contribution in [3.05, 3.63) is 66.3 Å². The summed E-state index contributed by atoms with van der Waals surface area (Å²) >= 11 is 0. The topological polar surface area (TPSA) is 82.1 Å². The van der Waals surface area contributed by atoms with Crippen LogP contribution in [-0.2, 0) is 20.7 Å². The number of esters is 2. The maximum absolute atomic E-state index is 13.6. The van der Waals surface area contributed by atoms with Crippen molar-refractivity contribution < 1.29 is 28.6 Å². The molecule has 3 atom stereocenters. The molecular weight excluding hydrogens is 472 g/mol. The number of aliphatic hydroxyl groups excluding tert-OH is 1. The number of ether oxygens (including phenoxy) is 2. The molecule has 0 amide bonds. The Morgan fingerprint density at radius 3 is 2.67 bits per heavy atom. The maximum atomic E-state index is 13.6. The monoisotopic (exact) mass is 514 g/mol. The molecule has 0 fully saturated rings. The molecular formula is C29H42O6Si. The van der Waals surface area contributed by atoms with Gasteiger partial charge in [0.1, 0.15) is 24.0 Å². The number of carbonyl (C=O) groups is 2. The van der Waals surface area contributed by atoms with E-state index < -0.39 is 32.5 Å². The highest BCUT2D eigenvalue weighted by Crippen LogP contribution is 2.39. The molecule has 1 aromatic rings. The zero-order valence-electron chi connectivity index (χ0n) is 22.6. The van der Waals surface area contributed by atoms with Crippen molar-refractivity contribution in [2.75, 3.05) is 6.61 Å². The second kappa shape index (κ2) is 13.1. The Bertz CT molecular complexity index is 972. The fourth-order valence-corrected chi connectivity index (χ4v) is 4.61. The molecule has 0 saturated heterocycles. The van der Waals surface area contributed by atoms with Crippen LogP contribution in [0.1, 0.15) is 62.9 Å². The fraction of sp³-hybridized carbons (Fsp3) is 0.517. The van der Waals surface area contributed by atoms with Gasteiger partial charge in [-0.2, -0.15) is 0 Å². The van der Waals surface area contributed by atoms with E-state index in [0.717, 1.165) is 5.56 Å². The summed E-state index contributed by atoms with van der Waals surface area (Å²) in [7, 11) is -2.22. The smallest absolute Gasteiger partial charge is 0.342 e. The first-order valence-corrected chi connectivity index (χ1v) is 15.6. The minimum Gasteiger partial charge on any atom is -0.543 e. The Labute approximate surface area is 217 Å². The van der Waals surface area contributed by atoms with E-state index in [0.29, 0.717) is 24.2 Å². The number of benzene rings is 1. The van der Waals surface area contributed by atoms with Crippen LogP contribution in [0.15, 0.2) is 55.2 Å². The third kappa shape index (κ3) is 8.49. The van der Waals surface area contributed by atoms with Gasteiger partial charge < -0.3 is 19.0 Å². The zero-order valence-corrected chi connectivity index (χ0v) is 23.6. The Hall–Kier alpha value is -2.64. The average molecular weight is 515 g/mol. The van der Waals surface area contributed by atoms with Crippen LogP contribution < -0.4 is 4.43 Å². The molecule has 1 N–H and O–H groups in total. The van der Waals surface area contributed by atoms with Crippen LogP contribution in [0.3, 0.4) is 0 Å². The van der Waals surface area contributed by atoms with Crippen LogP contribution >= 0.6 is 0 Å². The molecule has 1 heterocycles. The Kier molecular flexibility index (Phi) is 10.7. The molecule has 0 aromatic heterocycles. The van der Waals surface area contributed by atoms with Gasteiger partial charge in [-0.25, -0.2) is 9.59 Å². The molecule has 2 rings (SSSR count). The molecule has 1 aromatic carbocycles. The molecule has 0 bridgehead atoms. The highest BCUT2D eigenvalue weighted by Gasteiger charge is 2.40. The molecule has 0 spiro atoms. The van der Waals surface area contributed by atoms with Gasteiger partial charge in [0.15, 0.2) is 0 Å². The van der Waals surface area contributed by atoms with Crippen molar-refractivity contribution in [1.29, 1.82) is 0 Å². The van der Waals surface area contributed by atoms with Gasteiger partial charge in [0.05, 0.1) is 6.10 Å².